The number of primary amides is 2. The quantitative estimate of drug-likeness (QED) is 0.791. The van der Waals surface area contributed by atoms with E-state index >= 15 is 0 Å². The Bertz CT molecular complexity index is 378. The summed E-state index contributed by atoms with van der Waals surface area (Å²) in [6, 6.07) is 1.91. The highest BCUT2D eigenvalue weighted by molar-refractivity contribution is 9.10. The number of nitrogens with two attached hydrogens (primary N) is 2. The molecule has 1 aromatic heterocycles. The standard InChI is InChI=1S/C9H12BrN3O2S/c10-6-1-2-16-7(6)3-13(4-8(11)14)5-9(12)15/h1-2H,3-5H2,(H2,11,14)(H2,12,15). The maximum Gasteiger partial charge on any atom is 0.231 e. The Balaban J connectivity index is 2.66. The van der Waals surface area contributed by atoms with Crippen LogP contribution >= 0.6 is 27.3 Å². The van der Waals surface area contributed by atoms with E-state index < -0.39 is 11.8 Å². The number of amides is 2. The predicted molar refractivity (Wildman–Crippen MR) is 65.7 cm³/mol. The summed E-state index contributed by atoms with van der Waals surface area (Å²) < 4.78 is 0.955. The van der Waals surface area contributed by atoms with Gasteiger partial charge in [0.25, 0.3) is 0 Å². The molecule has 0 fully saturated rings. The molecule has 0 aliphatic heterocycles. The number of nitrogens with zero attached hydrogens (tertiary/aromatic N) is 1. The summed E-state index contributed by atoms with van der Waals surface area (Å²) in [5, 5.41) is 1.92. The summed E-state index contributed by atoms with van der Waals surface area (Å²) >= 11 is 4.92. The Labute approximate surface area is 106 Å². The minimum Gasteiger partial charge on any atom is -0.369 e. The number of thiophene rings is 1. The molecule has 0 saturated heterocycles. The number of hydrogen-bond acceptors (Lipinski definition) is 4. The molecule has 0 bridgehead atoms. The smallest absolute Gasteiger partial charge is 0.231 e. The molecule has 1 aromatic rings. The van der Waals surface area contributed by atoms with Crippen molar-refractivity contribution in [2.75, 3.05) is 13.1 Å². The number of halogens is 1. The van der Waals surface area contributed by atoms with Crippen molar-refractivity contribution < 1.29 is 9.59 Å². The van der Waals surface area contributed by atoms with Crippen molar-refractivity contribution in [2.24, 2.45) is 11.5 Å². The Hall–Kier alpha value is -0.920. The van der Waals surface area contributed by atoms with Gasteiger partial charge in [0.05, 0.1) is 13.1 Å². The molecule has 88 valence electrons. The molecule has 0 saturated carbocycles. The van der Waals surface area contributed by atoms with Gasteiger partial charge in [0, 0.05) is 15.9 Å². The topological polar surface area (TPSA) is 89.4 Å². The second-order valence-corrected chi connectivity index (χ2v) is 5.12. The van der Waals surface area contributed by atoms with E-state index in [2.05, 4.69) is 15.9 Å². The third-order valence-corrected chi connectivity index (χ3v) is 3.73. The lowest BCUT2D eigenvalue weighted by Crippen LogP contribution is -2.39. The molecule has 1 heterocycles. The maximum atomic E-state index is 10.8. The molecule has 0 radical (unpaired) electrons. The molecular formula is C9H12BrN3O2S. The van der Waals surface area contributed by atoms with E-state index in [9.17, 15) is 9.59 Å². The molecule has 0 aliphatic rings. The van der Waals surface area contributed by atoms with E-state index in [4.69, 9.17) is 11.5 Å². The highest BCUT2D eigenvalue weighted by Gasteiger charge is 2.13. The van der Waals surface area contributed by atoms with Crippen molar-refractivity contribution in [1.82, 2.24) is 4.90 Å². The summed E-state index contributed by atoms with van der Waals surface area (Å²) in [6.07, 6.45) is 0. The minimum atomic E-state index is -0.478. The van der Waals surface area contributed by atoms with Gasteiger partial charge in [-0.15, -0.1) is 11.3 Å². The molecule has 7 heteroatoms. The van der Waals surface area contributed by atoms with Gasteiger partial charge in [-0.05, 0) is 27.4 Å². The lowest BCUT2D eigenvalue weighted by atomic mass is 10.4. The molecule has 0 unspecified atom stereocenters. The molecule has 0 aliphatic carbocycles. The van der Waals surface area contributed by atoms with Crippen LogP contribution in [0.15, 0.2) is 15.9 Å². The lowest BCUT2D eigenvalue weighted by molar-refractivity contribution is -0.122. The first-order valence-corrected chi connectivity index (χ1v) is 6.17. The van der Waals surface area contributed by atoms with Gasteiger partial charge < -0.3 is 11.5 Å². The van der Waals surface area contributed by atoms with Crippen molar-refractivity contribution in [3.8, 4) is 0 Å². The number of carbonyl (C=O) groups excluding carboxylic acids is 2. The zero-order valence-electron chi connectivity index (χ0n) is 8.48. The summed E-state index contributed by atoms with van der Waals surface area (Å²) in [5.74, 6) is -0.956. The van der Waals surface area contributed by atoms with Crippen LogP contribution < -0.4 is 11.5 Å². The molecule has 1 rings (SSSR count). The van der Waals surface area contributed by atoms with Gasteiger partial charge in [0.15, 0.2) is 0 Å². The van der Waals surface area contributed by atoms with Gasteiger partial charge >= 0.3 is 0 Å². The first kappa shape index (κ1) is 13.1. The highest BCUT2D eigenvalue weighted by Crippen LogP contribution is 2.23. The third kappa shape index (κ3) is 4.30. The Morgan fingerprint density at radius 3 is 2.25 bits per heavy atom. The Morgan fingerprint density at radius 2 is 1.88 bits per heavy atom. The largest absolute Gasteiger partial charge is 0.369 e. The molecule has 16 heavy (non-hydrogen) atoms. The van der Waals surface area contributed by atoms with Crippen LogP contribution in [-0.2, 0) is 16.1 Å². The van der Waals surface area contributed by atoms with E-state index in [1.54, 1.807) is 4.90 Å². The van der Waals surface area contributed by atoms with Crippen molar-refractivity contribution >= 4 is 39.1 Å². The first-order valence-electron chi connectivity index (χ1n) is 4.50. The van der Waals surface area contributed by atoms with Gasteiger partial charge in [-0.2, -0.15) is 0 Å². The lowest BCUT2D eigenvalue weighted by Gasteiger charge is -2.18. The second kappa shape index (κ2) is 5.97. The molecule has 0 atom stereocenters. The molecule has 4 N–H and O–H groups in total. The molecule has 0 aromatic carbocycles. The molecule has 2 amide bonds. The zero-order valence-corrected chi connectivity index (χ0v) is 10.9. The SMILES string of the molecule is NC(=O)CN(CC(N)=O)Cc1sccc1Br. The van der Waals surface area contributed by atoms with E-state index in [-0.39, 0.29) is 13.1 Å². The van der Waals surface area contributed by atoms with Crippen LogP contribution in [-0.4, -0.2) is 29.8 Å². The van der Waals surface area contributed by atoms with Gasteiger partial charge in [-0.3, -0.25) is 14.5 Å². The van der Waals surface area contributed by atoms with E-state index in [1.165, 1.54) is 11.3 Å². The van der Waals surface area contributed by atoms with Gasteiger partial charge in [0.1, 0.15) is 0 Å². The fraction of sp³-hybridized carbons (Fsp3) is 0.333. The van der Waals surface area contributed by atoms with Crippen LogP contribution in [0.5, 0.6) is 0 Å². The van der Waals surface area contributed by atoms with Crippen LogP contribution in [0.4, 0.5) is 0 Å². The minimum absolute atomic E-state index is 0.0211. The second-order valence-electron chi connectivity index (χ2n) is 3.27. The first-order chi connectivity index (χ1) is 7.49. The maximum absolute atomic E-state index is 10.8. The zero-order chi connectivity index (χ0) is 12.1. The Morgan fingerprint density at radius 1 is 1.31 bits per heavy atom. The van der Waals surface area contributed by atoms with Crippen LogP contribution in [0, 0.1) is 0 Å². The average Bonchev–Trinajstić information content (AvgIpc) is 2.49. The summed E-state index contributed by atoms with van der Waals surface area (Å²) in [6.45, 7) is 0.519. The van der Waals surface area contributed by atoms with Crippen molar-refractivity contribution in [3.05, 3.63) is 20.8 Å². The van der Waals surface area contributed by atoms with Gasteiger partial charge in [0.2, 0.25) is 11.8 Å². The molecule has 0 spiro atoms. The van der Waals surface area contributed by atoms with E-state index in [0.29, 0.717) is 6.54 Å². The van der Waals surface area contributed by atoms with Gasteiger partial charge in [-0.1, -0.05) is 0 Å². The molecular weight excluding hydrogens is 294 g/mol. The van der Waals surface area contributed by atoms with E-state index in [1.807, 2.05) is 11.4 Å². The third-order valence-electron chi connectivity index (χ3n) is 1.82. The van der Waals surface area contributed by atoms with Crippen molar-refractivity contribution in [3.63, 3.8) is 0 Å². The monoisotopic (exact) mass is 305 g/mol. The van der Waals surface area contributed by atoms with Crippen LogP contribution in [0.25, 0.3) is 0 Å². The fourth-order valence-electron chi connectivity index (χ4n) is 1.25. The van der Waals surface area contributed by atoms with Gasteiger partial charge in [-0.25, -0.2) is 0 Å². The normalized spacial score (nSPS) is 10.6. The van der Waals surface area contributed by atoms with Crippen LogP contribution in [0.1, 0.15) is 4.88 Å². The fourth-order valence-corrected chi connectivity index (χ4v) is 2.77. The summed E-state index contributed by atoms with van der Waals surface area (Å²) in [4.78, 5) is 24.3. The number of hydrogen-bond donors (Lipinski definition) is 2. The summed E-state index contributed by atoms with van der Waals surface area (Å²) in [7, 11) is 0. The van der Waals surface area contributed by atoms with Crippen molar-refractivity contribution in [2.45, 2.75) is 6.54 Å². The van der Waals surface area contributed by atoms with E-state index in [0.717, 1.165) is 9.35 Å². The molecule has 5 nitrogen and oxygen atoms in total. The number of rotatable bonds is 6. The predicted octanol–water partition coefficient (Wildman–Crippen LogP) is 0.283. The van der Waals surface area contributed by atoms with Crippen LogP contribution in [0.2, 0.25) is 0 Å². The van der Waals surface area contributed by atoms with Crippen LogP contribution in [0.3, 0.4) is 0 Å². The summed E-state index contributed by atoms with van der Waals surface area (Å²) in [5.41, 5.74) is 10.2. The highest BCUT2D eigenvalue weighted by atomic mass is 79.9. The Kier molecular flexibility index (Phi) is 4.91. The van der Waals surface area contributed by atoms with Crippen molar-refractivity contribution in [1.29, 1.82) is 0 Å². The number of carbonyl (C=O) groups is 2. The average molecular weight is 306 g/mol.